The number of carbonyl (C=O) groups excluding carboxylic acids is 2. The molecule has 1 aromatic carbocycles. The molecule has 240 valence electrons. The van der Waals surface area contributed by atoms with E-state index in [-0.39, 0.29) is 5.91 Å². The van der Waals surface area contributed by atoms with Gasteiger partial charge in [-0.3, -0.25) is 14.6 Å². The number of likely N-dealkylation sites (tertiary alicyclic amines) is 1. The molecule has 2 amide bonds. The average Bonchev–Trinajstić information content (AvgIpc) is 3.40. The monoisotopic (exact) mass is 594 g/mol. The van der Waals surface area contributed by atoms with Gasteiger partial charge in [0.1, 0.15) is 11.6 Å². The number of nitrogens with one attached hydrogen (secondary N) is 2. The van der Waals surface area contributed by atoms with Crippen molar-refractivity contribution >= 4 is 23.4 Å². The Kier molecular flexibility index (Phi) is 10.6. The molecule has 7 nitrogen and oxygen atoms in total. The zero-order valence-electron chi connectivity index (χ0n) is 27.6. The third kappa shape index (κ3) is 7.87. The molecule has 5 aliphatic rings. The molecule has 7 heteroatoms. The van der Waals surface area contributed by atoms with Gasteiger partial charge >= 0.3 is 6.09 Å². The fourth-order valence-electron chi connectivity index (χ4n) is 8.97. The van der Waals surface area contributed by atoms with Crippen LogP contribution in [0.25, 0.3) is 0 Å². The Labute approximate surface area is 260 Å². The van der Waals surface area contributed by atoms with Crippen LogP contribution < -0.4 is 10.6 Å². The molecule has 0 spiro atoms. The zero-order valence-corrected chi connectivity index (χ0v) is 27.6. The van der Waals surface area contributed by atoms with E-state index < -0.39 is 17.7 Å². The van der Waals surface area contributed by atoms with Crippen LogP contribution in [-0.4, -0.2) is 64.2 Å². The highest BCUT2D eigenvalue weighted by atomic mass is 16.6. The Morgan fingerprint density at radius 3 is 2.02 bits per heavy atom. The molecule has 5 unspecified atom stereocenters. The van der Waals surface area contributed by atoms with E-state index in [1.165, 1.54) is 77.0 Å². The topological polar surface area (TPSA) is 73.9 Å². The van der Waals surface area contributed by atoms with Gasteiger partial charge in [0.25, 0.3) is 0 Å². The number of ether oxygens (including phenoxy) is 1. The first kappa shape index (κ1) is 32.1. The summed E-state index contributed by atoms with van der Waals surface area (Å²) in [5, 5.41) is 7.03. The molecule has 1 aromatic rings. The van der Waals surface area contributed by atoms with Crippen LogP contribution in [0, 0.1) is 11.8 Å². The third-order valence-corrected chi connectivity index (χ3v) is 10.5. The maximum atomic E-state index is 13.4. The summed E-state index contributed by atoms with van der Waals surface area (Å²) < 4.78 is 5.58. The molecule has 3 saturated heterocycles. The van der Waals surface area contributed by atoms with Gasteiger partial charge in [-0.1, -0.05) is 58.1 Å². The number of piperidine rings is 2. The van der Waals surface area contributed by atoms with Crippen molar-refractivity contribution in [3.8, 4) is 0 Å². The van der Waals surface area contributed by atoms with Gasteiger partial charge in [0.2, 0.25) is 5.91 Å². The largest absolute Gasteiger partial charge is 0.444 e. The van der Waals surface area contributed by atoms with Crippen molar-refractivity contribution in [1.29, 1.82) is 0 Å². The van der Waals surface area contributed by atoms with Gasteiger partial charge in [0, 0.05) is 30.7 Å². The zero-order chi connectivity index (χ0) is 30.6. The molecule has 2 aliphatic carbocycles. The van der Waals surface area contributed by atoms with Crippen molar-refractivity contribution < 1.29 is 14.3 Å². The molecule has 6 rings (SSSR count). The summed E-state index contributed by atoms with van der Waals surface area (Å²) in [7, 11) is 0. The Hall–Kier alpha value is -2.28. The predicted octanol–water partition coefficient (Wildman–Crippen LogP) is 8.21. The van der Waals surface area contributed by atoms with Gasteiger partial charge in [-0.2, -0.15) is 0 Å². The summed E-state index contributed by atoms with van der Waals surface area (Å²) in [6.07, 6.45) is 17.6. The van der Waals surface area contributed by atoms with E-state index in [2.05, 4.69) is 21.6 Å². The number of rotatable bonds is 5. The first-order chi connectivity index (χ1) is 20.7. The number of fused-ring (bicyclic) bond motifs is 4. The number of hydrogen-bond donors (Lipinski definition) is 2. The minimum atomic E-state index is -0.583. The van der Waals surface area contributed by atoms with Crippen molar-refractivity contribution in [2.75, 3.05) is 17.2 Å². The van der Waals surface area contributed by atoms with Gasteiger partial charge < -0.3 is 15.4 Å². The standard InChI is InChI=1S/C34H52N4O3.C2H6/c1-34(2,3)41-33(40)37-17-9-16-31(37)32(39)36-30-15-7-6-14-29(30)35-25-21-26-12-8-13-27(22-25)38(26)28-19-23-10-4-5-11-24(18-23)20-28;1-2/h6-7,14-15,23-28,31,35H,4-5,8-13,16-22H2,1-3H3,(H,36,39);1-2H3. The SMILES string of the molecule is CC.CC(C)(C)OC(=O)N1CCCC1C(=O)Nc1ccccc1NC1CC2CCCC(C1)N2C1CC2CCCCC(C2)C1. The Bertz CT molecular complexity index is 1060. The molecule has 3 heterocycles. The third-order valence-electron chi connectivity index (χ3n) is 10.5. The van der Waals surface area contributed by atoms with Crippen molar-refractivity contribution in [1.82, 2.24) is 9.80 Å². The van der Waals surface area contributed by atoms with E-state index in [1.54, 1.807) is 4.90 Å². The number of hydrogen-bond acceptors (Lipinski definition) is 5. The second kappa shape index (κ2) is 14.2. The minimum absolute atomic E-state index is 0.131. The van der Waals surface area contributed by atoms with Crippen LogP contribution in [0.4, 0.5) is 16.2 Å². The van der Waals surface area contributed by atoms with Crippen molar-refractivity contribution in [3.05, 3.63) is 24.3 Å². The minimum Gasteiger partial charge on any atom is -0.444 e. The highest BCUT2D eigenvalue weighted by Crippen LogP contribution is 2.45. The quantitative estimate of drug-likeness (QED) is 0.359. The van der Waals surface area contributed by atoms with E-state index >= 15 is 0 Å². The number of anilines is 2. The second-order valence-electron chi connectivity index (χ2n) is 14.7. The summed E-state index contributed by atoms with van der Waals surface area (Å²) in [4.78, 5) is 30.8. The molecule has 5 fully saturated rings. The predicted molar refractivity (Wildman–Crippen MR) is 175 cm³/mol. The second-order valence-corrected chi connectivity index (χ2v) is 14.7. The molecular formula is C36H58N4O3. The maximum Gasteiger partial charge on any atom is 0.410 e. The highest BCUT2D eigenvalue weighted by molar-refractivity contribution is 5.99. The van der Waals surface area contributed by atoms with Crippen molar-refractivity contribution in [2.45, 2.75) is 160 Å². The van der Waals surface area contributed by atoms with E-state index in [0.29, 0.717) is 31.1 Å². The molecule has 5 atom stereocenters. The van der Waals surface area contributed by atoms with E-state index in [0.717, 1.165) is 35.7 Å². The molecule has 2 saturated carbocycles. The van der Waals surface area contributed by atoms with Gasteiger partial charge in [-0.15, -0.1) is 0 Å². The number of para-hydroxylation sites is 2. The average molecular weight is 595 g/mol. The van der Waals surface area contributed by atoms with Crippen LogP contribution in [0.1, 0.15) is 125 Å². The lowest BCUT2D eigenvalue weighted by Gasteiger charge is -2.54. The van der Waals surface area contributed by atoms with E-state index in [1.807, 2.05) is 52.8 Å². The summed E-state index contributed by atoms with van der Waals surface area (Å²) in [6, 6.07) is 10.1. The lowest BCUT2D eigenvalue weighted by Crippen LogP contribution is -2.59. The van der Waals surface area contributed by atoms with Gasteiger partial charge in [-0.25, -0.2) is 4.79 Å². The lowest BCUT2D eigenvalue weighted by molar-refractivity contribution is -0.120. The van der Waals surface area contributed by atoms with Crippen LogP contribution >= 0.6 is 0 Å². The first-order valence-corrected chi connectivity index (χ1v) is 17.7. The normalized spacial score (nSPS) is 32.6. The number of benzene rings is 1. The Morgan fingerprint density at radius 1 is 0.767 bits per heavy atom. The number of nitrogens with zero attached hydrogens (tertiary/aromatic N) is 2. The molecule has 43 heavy (non-hydrogen) atoms. The van der Waals surface area contributed by atoms with Crippen LogP contribution in [-0.2, 0) is 9.53 Å². The van der Waals surface area contributed by atoms with Crippen molar-refractivity contribution in [2.24, 2.45) is 11.8 Å². The smallest absolute Gasteiger partial charge is 0.410 e. The Morgan fingerprint density at radius 2 is 1.40 bits per heavy atom. The van der Waals surface area contributed by atoms with Crippen LogP contribution in [0.3, 0.4) is 0 Å². The fourth-order valence-corrected chi connectivity index (χ4v) is 8.97. The summed E-state index contributed by atoms with van der Waals surface area (Å²) >= 11 is 0. The van der Waals surface area contributed by atoms with E-state index in [4.69, 9.17) is 4.74 Å². The molecule has 0 radical (unpaired) electrons. The molecule has 3 aliphatic heterocycles. The Balaban J connectivity index is 0.00000180. The summed E-state index contributed by atoms with van der Waals surface area (Å²) in [5.74, 6) is 1.78. The number of carbonyl (C=O) groups is 2. The molecule has 0 aromatic heterocycles. The highest BCUT2D eigenvalue weighted by Gasteiger charge is 2.44. The molecular weight excluding hydrogens is 536 g/mol. The lowest BCUT2D eigenvalue weighted by atomic mass is 9.73. The maximum absolute atomic E-state index is 13.4. The van der Waals surface area contributed by atoms with Crippen LogP contribution in [0.2, 0.25) is 0 Å². The van der Waals surface area contributed by atoms with Crippen LogP contribution in [0.5, 0.6) is 0 Å². The van der Waals surface area contributed by atoms with Crippen LogP contribution in [0.15, 0.2) is 24.3 Å². The van der Waals surface area contributed by atoms with Gasteiger partial charge in [0.15, 0.2) is 0 Å². The van der Waals surface area contributed by atoms with Crippen molar-refractivity contribution in [3.63, 3.8) is 0 Å². The fraction of sp³-hybridized carbons (Fsp3) is 0.778. The molecule has 2 N–H and O–H groups in total. The van der Waals surface area contributed by atoms with Gasteiger partial charge in [-0.05, 0) is 103 Å². The summed E-state index contributed by atoms with van der Waals surface area (Å²) in [5.41, 5.74) is 1.21. The number of amides is 2. The van der Waals surface area contributed by atoms with E-state index in [9.17, 15) is 9.59 Å². The molecule has 4 bridgehead atoms. The van der Waals surface area contributed by atoms with Gasteiger partial charge in [0.05, 0.1) is 11.4 Å². The summed E-state index contributed by atoms with van der Waals surface area (Å²) in [6.45, 7) is 10.1. The first-order valence-electron chi connectivity index (χ1n) is 17.7.